The van der Waals surface area contributed by atoms with Gasteiger partial charge in [-0.15, -0.1) is 0 Å². The van der Waals surface area contributed by atoms with Crippen molar-refractivity contribution in [2.75, 3.05) is 24.5 Å². The molecular weight excluding hydrogens is 254 g/mol. The standard InChI is InChI=1S/C14H17N5O/c20-11-6-14(7-16-11)3-1-5-19(8-14)13-10-2-4-15-12(10)17-9-18-13/h2,4,9H,1,3,5-8H2,(H,16,20)(H,15,17,18)/t14-/m0/s1. The van der Waals surface area contributed by atoms with Crippen LogP contribution in [0.3, 0.4) is 0 Å². The van der Waals surface area contributed by atoms with E-state index < -0.39 is 0 Å². The molecule has 104 valence electrons. The second-order valence-electron chi connectivity index (χ2n) is 5.92. The van der Waals surface area contributed by atoms with E-state index in [1.807, 2.05) is 12.3 Å². The topological polar surface area (TPSA) is 73.9 Å². The number of anilines is 1. The molecule has 1 amide bonds. The third-order valence-electron chi connectivity index (χ3n) is 4.49. The van der Waals surface area contributed by atoms with Gasteiger partial charge in [-0.1, -0.05) is 0 Å². The Balaban J connectivity index is 1.68. The van der Waals surface area contributed by atoms with Crippen molar-refractivity contribution in [3.63, 3.8) is 0 Å². The highest BCUT2D eigenvalue weighted by Gasteiger charge is 2.42. The zero-order chi connectivity index (χ0) is 13.6. The molecule has 0 aromatic carbocycles. The molecule has 4 heterocycles. The van der Waals surface area contributed by atoms with Gasteiger partial charge in [-0.2, -0.15) is 0 Å². The van der Waals surface area contributed by atoms with Crippen molar-refractivity contribution < 1.29 is 4.79 Å². The maximum absolute atomic E-state index is 11.6. The van der Waals surface area contributed by atoms with Gasteiger partial charge in [-0.25, -0.2) is 9.97 Å². The zero-order valence-electron chi connectivity index (χ0n) is 11.2. The Bertz CT molecular complexity index is 666. The lowest BCUT2D eigenvalue weighted by atomic mass is 9.79. The van der Waals surface area contributed by atoms with E-state index in [1.54, 1.807) is 6.33 Å². The molecule has 0 aliphatic carbocycles. The van der Waals surface area contributed by atoms with Crippen LogP contribution in [0.25, 0.3) is 11.0 Å². The first-order chi connectivity index (χ1) is 9.76. The van der Waals surface area contributed by atoms with Crippen LogP contribution < -0.4 is 10.2 Å². The van der Waals surface area contributed by atoms with Crippen LogP contribution in [0.5, 0.6) is 0 Å². The van der Waals surface area contributed by atoms with E-state index in [4.69, 9.17) is 0 Å². The first kappa shape index (κ1) is 11.7. The van der Waals surface area contributed by atoms with Gasteiger partial charge < -0.3 is 15.2 Å². The second kappa shape index (κ2) is 4.19. The van der Waals surface area contributed by atoms with Crippen molar-refractivity contribution in [1.82, 2.24) is 20.3 Å². The number of hydrogen-bond donors (Lipinski definition) is 2. The Morgan fingerprint density at radius 3 is 3.15 bits per heavy atom. The normalized spacial score (nSPS) is 26.4. The molecule has 2 aliphatic rings. The van der Waals surface area contributed by atoms with Gasteiger partial charge >= 0.3 is 0 Å². The summed E-state index contributed by atoms with van der Waals surface area (Å²) in [6.07, 6.45) is 6.36. The van der Waals surface area contributed by atoms with Crippen molar-refractivity contribution in [2.45, 2.75) is 19.3 Å². The molecule has 2 fully saturated rings. The number of hydrogen-bond acceptors (Lipinski definition) is 4. The van der Waals surface area contributed by atoms with Crippen molar-refractivity contribution in [1.29, 1.82) is 0 Å². The van der Waals surface area contributed by atoms with E-state index in [1.165, 1.54) is 0 Å². The monoisotopic (exact) mass is 271 g/mol. The van der Waals surface area contributed by atoms with Gasteiger partial charge in [-0.05, 0) is 18.9 Å². The fourth-order valence-electron chi connectivity index (χ4n) is 3.54. The van der Waals surface area contributed by atoms with E-state index in [2.05, 4.69) is 25.2 Å². The van der Waals surface area contributed by atoms with Crippen LogP contribution in [-0.2, 0) is 4.79 Å². The summed E-state index contributed by atoms with van der Waals surface area (Å²) in [5, 5.41) is 4.04. The third-order valence-corrected chi connectivity index (χ3v) is 4.49. The van der Waals surface area contributed by atoms with Crippen molar-refractivity contribution in [3.8, 4) is 0 Å². The summed E-state index contributed by atoms with van der Waals surface area (Å²) in [4.78, 5) is 25.7. The molecule has 20 heavy (non-hydrogen) atoms. The van der Waals surface area contributed by atoms with Crippen LogP contribution in [0.4, 0.5) is 5.82 Å². The van der Waals surface area contributed by atoms with E-state index >= 15 is 0 Å². The van der Waals surface area contributed by atoms with Gasteiger partial charge in [-0.3, -0.25) is 4.79 Å². The van der Waals surface area contributed by atoms with Crippen molar-refractivity contribution in [3.05, 3.63) is 18.6 Å². The smallest absolute Gasteiger partial charge is 0.220 e. The Morgan fingerprint density at radius 2 is 2.30 bits per heavy atom. The van der Waals surface area contributed by atoms with Crippen LogP contribution in [0.2, 0.25) is 0 Å². The zero-order valence-corrected chi connectivity index (χ0v) is 11.2. The number of nitrogens with one attached hydrogen (secondary N) is 2. The average Bonchev–Trinajstić information content (AvgIpc) is 3.06. The lowest BCUT2D eigenvalue weighted by molar-refractivity contribution is -0.119. The number of carbonyl (C=O) groups excluding carboxylic acids is 1. The summed E-state index contributed by atoms with van der Waals surface area (Å²) < 4.78 is 0. The Labute approximate surface area is 116 Å². The highest BCUT2D eigenvalue weighted by molar-refractivity contribution is 5.87. The van der Waals surface area contributed by atoms with E-state index in [-0.39, 0.29) is 11.3 Å². The first-order valence-corrected chi connectivity index (χ1v) is 7.06. The molecular formula is C14H17N5O. The highest BCUT2D eigenvalue weighted by atomic mass is 16.1. The summed E-state index contributed by atoms with van der Waals surface area (Å²) in [7, 11) is 0. The maximum Gasteiger partial charge on any atom is 0.220 e. The van der Waals surface area contributed by atoms with Gasteiger partial charge in [0.25, 0.3) is 0 Å². The van der Waals surface area contributed by atoms with E-state index in [0.29, 0.717) is 6.42 Å². The van der Waals surface area contributed by atoms with Gasteiger partial charge in [0, 0.05) is 37.7 Å². The molecule has 0 radical (unpaired) electrons. The third kappa shape index (κ3) is 1.75. The number of nitrogens with zero attached hydrogens (tertiary/aromatic N) is 3. The number of aromatic nitrogens is 3. The molecule has 6 heteroatoms. The predicted molar refractivity (Wildman–Crippen MR) is 75.4 cm³/mol. The molecule has 0 unspecified atom stereocenters. The molecule has 2 aliphatic heterocycles. The number of carbonyl (C=O) groups is 1. The fourth-order valence-corrected chi connectivity index (χ4v) is 3.54. The number of piperidine rings is 1. The van der Waals surface area contributed by atoms with Crippen LogP contribution in [0.1, 0.15) is 19.3 Å². The summed E-state index contributed by atoms with van der Waals surface area (Å²) in [5.74, 6) is 1.16. The molecule has 1 spiro atoms. The molecule has 2 aromatic rings. The lowest BCUT2D eigenvalue weighted by Crippen LogP contribution is -2.45. The Morgan fingerprint density at radius 1 is 1.35 bits per heavy atom. The molecule has 1 atom stereocenters. The Hall–Kier alpha value is -2.11. The van der Waals surface area contributed by atoms with Gasteiger partial charge in [0.1, 0.15) is 17.8 Å². The number of rotatable bonds is 1. The SMILES string of the molecule is O=C1C[C@@]2(CCCN(c3ncnc4[nH]ccc34)C2)CN1. The summed E-state index contributed by atoms with van der Waals surface area (Å²) in [6.45, 7) is 2.68. The fraction of sp³-hybridized carbons (Fsp3) is 0.500. The van der Waals surface area contributed by atoms with Crippen molar-refractivity contribution >= 4 is 22.8 Å². The molecule has 2 N–H and O–H groups in total. The van der Waals surface area contributed by atoms with Crippen LogP contribution in [0.15, 0.2) is 18.6 Å². The first-order valence-electron chi connectivity index (χ1n) is 7.06. The Kier molecular flexibility index (Phi) is 2.45. The number of H-pyrrole nitrogens is 1. The van der Waals surface area contributed by atoms with Crippen LogP contribution in [-0.4, -0.2) is 40.5 Å². The van der Waals surface area contributed by atoms with Gasteiger partial charge in [0.2, 0.25) is 5.91 Å². The molecule has 2 saturated heterocycles. The molecule has 0 bridgehead atoms. The minimum Gasteiger partial charge on any atom is -0.355 e. The molecule has 6 nitrogen and oxygen atoms in total. The molecule has 0 saturated carbocycles. The van der Waals surface area contributed by atoms with Gasteiger partial charge in [0.15, 0.2) is 0 Å². The number of aromatic amines is 1. The minimum absolute atomic E-state index is 0.0862. The van der Waals surface area contributed by atoms with E-state index in [0.717, 1.165) is 49.3 Å². The highest BCUT2D eigenvalue weighted by Crippen LogP contribution is 2.38. The second-order valence-corrected chi connectivity index (χ2v) is 5.92. The minimum atomic E-state index is 0.0862. The van der Waals surface area contributed by atoms with Crippen LogP contribution in [0, 0.1) is 5.41 Å². The number of amides is 1. The van der Waals surface area contributed by atoms with Gasteiger partial charge in [0.05, 0.1) is 5.39 Å². The lowest BCUT2D eigenvalue weighted by Gasteiger charge is -2.40. The summed E-state index contributed by atoms with van der Waals surface area (Å²) >= 11 is 0. The maximum atomic E-state index is 11.6. The molecule has 4 rings (SSSR count). The van der Waals surface area contributed by atoms with E-state index in [9.17, 15) is 4.79 Å². The van der Waals surface area contributed by atoms with Crippen LogP contribution >= 0.6 is 0 Å². The predicted octanol–water partition coefficient (Wildman–Crippen LogP) is 1.06. The summed E-state index contributed by atoms with van der Waals surface area (Å²) in [5.41, 5.74) is 0.957. The quantitative estimate of drug-likeness (QED) is 0.813. The number of fused-ring (bicyclic) bond motifs is 1. The van der Waals surface area contributed by atoms with Crippen molar-refractivity contribution in [2.24, 2.45) is 5.41 Å². The molecule has 2 aromatic heterocycles. The largest absolute Gasteiger partial charge is 0.355 e. The average molecular weight is 271 g/mol. The summed E-state index contributed by atoms with van der Waals surface area (Å²) in [6, 6.07) is 2.02.